The summed E-state index contributed by atoms with van der Waals surface area (Å²) in [4.78, 5) is 0. The minimum atomic E-state index is -1.41. The second-order valence-electron chi connectivity index (χ2n) is 6.31. The SMILES string of the molecule is C[Si](C)(C)C#Cc1c2ccccc2cc2cccc(Br)c12. The maximum atomic E-state index is 3.70. The predicted molar refractivity (Wildman–Crippen MR) is 99.4 cm³/mol. The van der Waals surface area contributed by atoms with Crippen LogP contribution in [0.25, 0.3) is 21.5 Å². The number of hydrogen-bond acceptors (Lipinski definition) is 0. The largest absolute Gasteiger partial charge is 0.129 e. The molecule has 0 saturated heterocycles. The first kappa shape index (κ1) is 14.4. The van der Waals surface area contributed by atoms with Crippen molar-refractivity contribution in [3.63, 3.8) is 0 Å². The molecule has 0 atom stereocenters. The molecule has 104 valence electrons. The zero-order valence-corrected chi connectivity index (χ0v) is 15.1. The van der Waals surface area contributed by atoms with Crippen LogP contribution in [0, 0.1) is 11.5 Å². The summed E-state index contributed by atoms with van der Waals surface area (Å²) in [6, 6.07) is 17.1. The van der Waals surface area contributed by atoms with Crippen LogP contribution in [0.2, 0.25) is 19.6 Å². The van der Waals surface area contributed by atoms with E-state index in [1.54, 1.807) is 0 Å². The molecule has 0 N–H and O–H groups in total. The molecule has 0 heterocycles. The van der Waals surface area contributed by atoms with E-state index >= 15 is 0 Å². The Morgan fingerprint density at radius 2 is 1.62 bits per heavy atom. The fourth-order valence-corrected chi connectivity index (χ4v) is 3.54. The van der Waals surface area contributed by atoms with Gasteiger partial charge in [0, 0.05) is 15.4 Å². The minimum Gasteiger partial charge on any atom is -0.127 e. The fourth-order valence-electron chi connectivity index (χ4n) is 2.46. The van der Waals surface area contributed by atoms with E-state index in [9.17, 15) is 0 Å². The summed E-state index contributed by atoms with van der Waals surface area (Å²) in [6.45, 7) is 6.84. The van der Waals surface area contributed by atoms with Gasteiger partial charge in [-0.1, -0.05) is 77.9 Å². The quantitative estimate of drug-likeness (QED) is 0.265. The first-order valence-corrected chi connectivity index (χ1v) is 11.4. The van der Waals surface area contributed by atoms with Gasteiger partial charge in [-0.3, -0.25) is 0 Å². The molecule has 0 unspecified atom stereocenters. The van der Waals surface area contributed by atoms with E-state index in [-0.39, 0.29) is 0 Å². The molecule has 3 rings (SSSR count). The molecule has 0 aliphatic carbocycles. The predicted octanol–water partition coefficient (Wildman–Crippen LogP) is 5.98. The van der Waals surface area contributed by atoms with E-state index in [2.05, 4.69) is 95.6 Å². The van der Waals surface area contributed by atoms with Gasteiger partial charge in [0.15, 0.2) is 0 Å². The van der Waals surface area contributed by atoms with Crippen LogP contribution in [0.5, 0.6) is 0 Å². The molecule has 0 amide bonds. The van der Waals surface area contributed by atoms with Gasteiger partial charge in [-0.25, -0.2) is 0 Å². The lowest BCUT2D eigenvalue weighted by Crippen LogP contribution is -2.16. The summed E-state index contributed by atoms with van der Waals surface area (Å²) in [5, 5.41) is 4.95. The zero-order valence-electron chi connectivity index (χ0n) is 12.5. The molecular formula is C19H17BrSi. The summed E-state index contributed by atoms with van der Waals surface area (Å²) in [5.41, 5.74) is 4.67. The third kappa shape index (κ3) is 2.90. The van der Waals surface area contributed by atoms with Crippen molar-refractivity contribution in [2.45, 2.75) is 19.6 Å². The van der Waals surface area contributed by atoms with Gasteiger partial charge in [0.25, 0.3) is 0 Å². The first-order chi connectivity index (χ1) is 9.96. The molecule has 0 aliphatic rings. The van der Waals surface area contributed by atoms with Gasteiger partial charge in [0.2, 0.25) is 0 Å². The lowest BCUT2D eigenvalue weighted by Gasteiger charge is -2.10. The highest BCUT2D eigenvalue weighted by atomic mass is 79.9. The van der Waals surface area contributed by atoms with Crippen LogP contribution in [-0.4, -0.2) is 8.07 Å². The second kappa shape index (κ2) is 5.33. The molecule has 0 fully saturated rings. The second-order valence-corrected chi connectivity index (χ2v) is 11.9. The summed E-state index contributed by atoms with van der Waals surface area (Å²) in [6.07, 6.45) is 0. The highest BCUT2D eigenvalue weighted by molar-refractivity contribution is 9.10. The van der Waals surface area contributed by atoms with E-state index in [4.69, 9.17) is 0 Å². The van der Waals surface area contributed by atoms with Gasteiger partial charge in [0.05, 0.1) is 0 Å². The summed E-state index contributed by atoms with van der Waals surface area (Å²) in [5.74, 6) is 3.49. The molecule has 0 aromatic heterocycles. The molecule has 21 heavy (non-hydrogen) atoms. The van der Waals surface area contributed by atoms with Gasteiger partial charge < -0.3 is 0 Å². The van der Waals surface area contributed by atoms with Gasteiger partial charge in [-0.2, -0.15) is 0 Å². The Bertz CT molecular complexity index is 892. The Kier molecular flexibility index (Phi) is 3.65. The number of fused-ring (bicyclic) bond motifs is 2. The third-order valence-corrected chi connectivity index (χ3v) is 4.94. The summed E-state index contributed by atoms with van der Waals surface area (Å²) < 4.78 is 1.12. The molecule has 3 aromatic carbocycles. The monoisotopic (exact) mass is 352 g/mol. The van der Waals surface area contributed by atoms with Crippen LogP contribution < -0.4 is 0 Å². The molecule has 2 heteroatoms. The molecule has 0 radical (unpaired) electrons. The Labute approximate surface area is 135 Å². The molecule has 0 bridgehead atoms. The van der Waals surface area contributed by atoms with E-state index in [1.165, 1.54) is 21.5 Å². The molecular weight excluding hydrogens is 336 g/mol. The highest BCUT2D eigenvalue weighted by Crippen LogP contribution is 2.32. The maximum absolute atomic E-state index is 3.70. The van der Waals surface area contributed by atoms with E-state index in [0.29, 0.717) is 0 Å². The van der Waals surface area contributed by atoms with Crippen LogP contribution in [-0.2, 0) is 0 Å². The Morgan fingerprint density at radius 3 is 2.38 bits per heavy atom. The summed E-state index contributed by atoms with van der Waals surface area (Å²) >= 11 is 3.70. The highest BCUT2D eigenvalue weighted by Gasteiger charge is 2.11. The molecule has 0 nitrogen and oxygen atoms in total. The molecule has 0 aliphatic heterocycles. The molecule has 0 saturated carbocycles. The zero-order chi connectivity index (χ0) is 15.0. The standard InChI is InChI=1S/C19H17BrSi/c1-21(2,3)12-11-17-16-9-5-4-7-14(16)13-15-8-6-10-18(20)19(15)17/h4-10,13H,1-3H3. The van der Waals surface area contributed by atoms with Crippen molar-refractivity contribution in [1.29, 1.82) is 0 Å². The van der Waals surface area contributed by atoms with E-state index < -0.39 is 8.07 Å². The van der Waals surface area contributed by atoms with Gasteiger partial charge in [-0.15, -0.1) is 5.54 Å². The third-order valence-electron chi connectivity index (χ3n) is 3.40. The number of hydrogen-bond donors (Lipinski definition) is 0. The van der Waals surface area contributed by atoms with Crippen molar-refractivity contribution in [3.05, 3.63) is 58.6 Å². The van der Waals surface area contributed by atoms with Crippen molar-refractivity contribution < 1.29 is 0 Å². The first-order valence-electron chi connectivity index (χ1n) is 7.09. The van der Waals surface area contributed by atoms with E-state index in [0.717, 1.165) is 10.0 Å². The van der Waals surface area contributed by atoms with Crippen molar-refractivity contribution in [2.75, 3.05) is 0 Å². The van der Waals surface area contributed by atoms with Crippen molar-refractivity contribution in [3.8, 4) is 11.5 Å². The number of rotatable bonds is 0. The number of benzene rings is 3. The minimum absolute atomic E-state index is 1.12. The van der Waals surface area contributed by atoms with Crippen molar-refractivity contribution in [2.24, 2.45) is 0 Å². The van der Waals surface area contributed by atoms with Crippen LogP contribution in [0.4, 0.5) is 0 Å². The van der Waals surface area contributed by atoms with E-state index in [1.807, 2.05) is 0 Å². The van der Waals surface area contributed by atoms with Crippen molar-refractivity contribution in [1.82, 2.24) is 0 Å². The Hall–Kier alpha value is -1.56. The van der Waals surface area contributed by atoms with Gasteiger partial charge >= 0.3 is 0 Å². The Balaban J connectivity index is 2.47. The van der Waals surface area contributed by atoms with Gasteiger partial charge in [0.1, 0.15) is 8.07 Å². The fraction of sp³-hybridized carbons (Fsp3) is 0.158. The van der Waals surface area contributed by atoms with Crippen molar-refractivity contribution >= 4 is 45.5 Å². The summed E-state index contributed by atoms with van der Waals surface area (Å²) in [7, 11) is -1.41. The molecule has 0 spiro atoms. The van der Waals surface area contributed by atoms with Gasteiger partial charge in [-0.05, 0) is 28.3 Å². The lowest BCUT2D eigenvalue weighted by atomic mass is 9.97. The molecule has 3 aromatic rings. The normalized spacial score (nSPS) is 11.4. The van der Waals surface area contributed by atoms with Crippen LogP contribution in [0.15, 0.2) is 53.0 Å². The maximum Gasteiger partial charge on any atom is 0.129 e. The van der Waals surface area contributed by atoms with Crippen LogP contribution in [0.1, 0.15) is 5.56 Å². The van der Waals surface area contributed by atoms with Crippen LogP contribution >= 0.6 is 15.9 Å². The Morgan fingerprint density at radius 1 is 0.905 bits per heavy atom. The smallest absolute Gasteiger partial charge is 0.127 e. The topological polar surface area (TPSA) is 0 Å². The average Bonchev–Trinajstić information content (AvgIpc) is 2.43. The average molecular weight is 353 g/mol. The lowest BCUT2D eigenvalue weighted by molar-refractivity contribution is 1.70. The van der Waals surface area contributed by atoms with Crippen LogP contribution in [0.3, 0.4) is 0 Å². The number of halogens is 1.